The molecule has 31 heavy (non-hydrogen) atoms. The Morgan fingerprint density at radius 1 is 1.00 bits per heavy atom. The summed E-state index contributed by atoms with van der Waals surface area (Å²) in [6.45, 7) is 3.71. The van der Waals surface area contributed by atoms with Crippen LogP contribution in [0.2, 0.25) is 5.02 Å². The summed E-state index contributed by atoms with van der Waals surface area (Å²) in [5, 5.41) is 3.38. The van der Waals surface area contributed by atoms with Crippen molar-refractivity contribution in [3.8, 4) is 5.75 Å². The second-order valence-corrected chi connectivity index (χ2v) is 8.76. The maximum atomic E-state index is 12.5. The van der Waals surface area contributed by atoms with Gasteiger partial charge in [-0.1, -0.05) is 41.9 Å². The van der Waals surface area contributed by atoms with Gasteiger partial charge in [0.25, 0.3) is 0 Å². The Labute approximate surface area is 192 Å². The molecule has 1 heterocycles. The van der Waals surface area contributed by atoms with Gasteiger partial charge in [-0.05, 0) is 30.7 Å². The summed E-state index contributed by atoms with van der Waals surface area (Å²) in [4.78, 5) is 28.9. The highest BCUT2D eigenvalue weighted by atomic mass is 35.5. The van der Waals surface area contributed by atoms with E-state index in [0.29, 0.717) is 42.7 Å². The first-order valence-electron chi connectivity index (χ1n) is 10.4. The predicted octanol–water partition coefficient (Wildman–Crippen LogP) is 3.63. The molecule has 2 amide bonds. The molecule has 6 nitrogen and oxygen atoms in total. The average Bonchev–Trinajstić information content (AvgIpc) is 3.01. The quantitative estimate of drug-likeness (QED) is 0.578. The van der Waals surface area contributed by atoms with Crippen LogP contribution in [0.4, 0.5) is 5.69 Å². The van der Waals surface area contributed by atoms with E-state index in [0.717, 1.165) is 31.0 Å². The van der Waals surface area contributed by atoms with E-state index in [9.17, 15) is 9.59 Å². The van der Waals surface area contributed by atoms with E-state index < -0.39 is 0 Å². The molecule has 8 heteroatoms. The monoisotopic (exact) mass is 461 g/mol. The van der Waals surface area contributed by atoms with Crippen molar-refractivity contribution < 1.29 is 14.3 Å². The Kier molecular flexibility index (Phi) is 9.52. The number of halogens is 1. The van der Waals surface area contributed by atoms with Gasteiger partial charge in [0.15, 0.2) is 0 Å². The van der Waals surface area contributed by atoms with Gasteiger partial charge in [-0.25, -0.2) is 0 Å². The number of nitrogens with one attached hydrogen (secondary N) is 1. The zero-order valence-corrected chi connectivity index (χ0v) is 19.0. The lowest BCUT2D eigenvalue weighted by Crippen LogP contribution is -2.38. The van der Waals surface area contributed by atoms with Crippen molar-refractivity contribution in [2.24, 2.45) is 0 Å². The molecule has 1 saturated heterocycles. The average molecular weight is 462 g/mol. The highest BCUT2D eigenvalue weighted by Crippen LogP contribution is 2.20. The molecule has 1 aliphatic rings. The molecule has 2 aromatic carbocycles. The Morgan fingerprint density at radius 2 is 1.77 bits per heavy atom. The molecule has 0 spiro atoms. The van der Waals surface area contributed by atoms with Crippen LogP contribution in [0.3, 0.4) is 0 Å². The lowest BCUT2D eigenvalue weighted by atomic mass is 10.3. The number of para-hydroxylation sites is 2. The topological polar surface area (TPSA) is 61.9 Å². The van der Waals surface area contributed by atoms with E-state index in [-0.39, 0.29) is 11.8 Å². The van der Waals surface area contributed by atoms with Gasteiger partial charge in [0, 0.05) is 31.9 Å². The molecule has 0 radical (unpaired) electrons. The van der Waals surface area contributed by atoms with Crippen molar-refractivity contribution >= 4 is 40.9 Å². The highest BCUT2D eigenvalue weighted by Gasteiger charge is 2.20. The van der Waals surface area contributed by atoms with Gasteiger partial charge in [-0.3, -0.25) is 14.5 Å². The normalized spacial score (nSPS) is 14.7. The number of nitrogens with zero attached hydrogens (tertiary/aromatic N) is 2. The molecule has 0 unspecified atom stereocenters. The molecule has 0 atom stereocenters. The van der Waals surface area contributed by atoms with Crippen molar-refractivity contribution in [1.29, 1.82) is 0 Å². The molecule has 0 saturated carbocycles. The Morgan fingerprint density at radius 3 is 2.58 bits per heavy atom. The van der Waals surface area contributed by atoms with Crippen LogP contribution < -0.4 is 10.1 Å². The number of benzene rings is 2. The van der Waals surface area contributed by atoms with Crippen molar-refractivity contribution in [3.05, 3.63) is 59.6 Å². The number of anilines is 1. The zero-order valence-electron chi connectivity index (χ0n) is 17.5. The van der Waals surface area contributed by atoms with Gasteiger partial charge in [0.1, 0.15) is 5.75 Å². The summed E-state index contributed by atoms with van der Waals surface area (Å²) in [6, 6.07) is 16.9. The maximum Gasteiger partial charge on any atom is 0.238 e. The van der Waals surface area contributed by atoms with E-state index in [2.05, 4.69) is 10.2 Å². The number of carbonyl (C=O) groups is 2. The largest absolute Gasteiger partial charge is 0.493 e. The fraction of sp³-hybridized carbons (Fsp3) is 0.391. The summed E-state index contributed by atoms with van der Waals surface area (Å²) < 4.78 is 5.66. The van der Waals surface area contributed by atoms with Crippen molar-refractivity contribution in [2.45, 2.75) is 6.42 Å². The van der Waals surface area contributed by atoms with E-state index in [1.807, 2.05) is 47.4 Å². The number of rotatable bonds is 9. The van der Waals surface area contributed by atoms with Crippen LogP contribution >= 0.6 is 23.4 Å². The fourth-order valence-corrected chi connectivity index (χ4v) is 4.21. The summed E-state index contributed by atoms with van der Waals surface area (Å²) in [5.74, 6) is 2.11. The first-order chi connectivity index (χ1) is 15.1. The second-order valence-electron chi connectivity index (χ2n) is 7.25. The molecule has 3 rings (SSSR count). The third-order valence-corrected chi connectivity index (χ3v) is 6.16. The van der Waals surface area contributed by atoms with Gasteiger partial charge in [0.2, 0.25) is 11.8 Å². The molecular formula is C23H28ClN3O3S. The molecule has 1 fully saturated rings. The lowest BCUT2D eigenvalue weighted by Gasteiger charge is -2.21. The molecule has 2 aromatic rings. The van der Waals surface area contributed by atoms with Crippen LogP contribution in [0.15, 0.2) is 54.6 Å². The van der Waals surface area contributed by atoms with Crippen LogP contribution in [0.5, 0.6) is 5.75 Å². The summed E-state index contributed by atoms with van der Waals surface area (Å²) in [6.07, 6.45) is 0.854. The van der Waals surface area contributed by atoms with E-state index >= 15 is 0 Å². The van der Waals surface area contributed by atoms with Crippen LogP contribution in [0.1, 0.15) is 6.42 Å². The van der Waals surface area contributed by atoms with Crippen LogP contribution in [0, 0.1) is 0 Å². The van der Waals surface area contributed by atoms with Crippen molar-refractivity contribution in [3.63, 3.8) is 0 Å². The standard InChI is InChI=1S/C23H28ClN3O3S/c24-20-9-4-5-10-21(20)25-22(28)17-26-11-6-12-27(14-13-26)23(29)18-31-16-15-30-19-7-2-1-3-8-19/h1-5,7-10H,6,11-18H2,(H,25,28). The maximum absolute atomic E-state index is 12.5. The minimum Gasteiger partial charge on any atom is -0.493 e. The minimum absolute atomic E-state index is 0.0955. The number of ether oxygens (including phenoxy) is 1. The summed E-state index contributed by atoms with van der Waals surface area (Å²) in [5.41, 5.74) is 0.620. The molecule has 166 valence electrons. The smallest absolute Gasteiger partial charge is 0.238 e. The third-order valence-electron chi connectivity index (χ3n) is 4.92. The van der Waals surface area contributed by atoms with Gasteiger partial charge in [-0.2, -0.15) is 0 Å². The summed E-state index contributed by atoms with van der Waals surface area (Å²) in [7, 11) is 0. The number of thioether (sulfide) groups is 1. The number of amides is 2. The SMILES string of the molecule is O=C(CN1CCCN(C(=O)CSCCOc2ccccc2)CC1)Nc1ccccc1Cl. The van der Waals surface area contributed by atoms with Gasteiger partial charge in [-0.15, -0.1) is 11.8 Å². The molecule has 0 aliphatic carbocycles. The van der Waals surface area contributed by atoms with Crippen LogP contribution in [-0.2, 0) is 9.59 Å². The summed E-state index contributed by atoms with van der Waals surface area (Å²) >= 11 is 7.69. The molecular weight excluding hydrogens is 434 g/mol. The van der Waals surface area contributed by atoms with Gasteiger partial charge < -0.3 is 15.0 Å². The van der Waals surface area contributed by atoms with E-state index in [4.69, 9.17) is 16.3 Å². The van der Waals surface area contributed by atoms with E-state index in [1.54, 1.807) is 23.9 Å². The Balaban J connectivity index is 1.33. The molecule has 0 bridgehead atoms. The minimum atomic E-state index is -0.0955. The number of hydrogen-bond donors (Lipinski definition) is 1. The van der Waals surface area contributed by atoms with Gasteiger partial charge in [0.05, 0.1) is 29.6 Å². The Bertz CT molecular complexity index is 853. The van der Waals surface area contributed by atoms with E-state index in [1.165, 1.54) is 0 Å². The predicted molar refractivity (Wildman–Crippen MR) is 127 cm³/mol. The molecule has 0 aromatic heterocycles. The highest BCUT2D eigenvalue weighted by molar-refractivity contribution is 7.99. The number of carbonyl (C=O) groups excluding carboxylic acids is 2. The lowest BCUT2D eigenvalue weighted by molar-refractivity contribution is -0.128. The fourth-order valence-electron chi connectivity index (χ4n) is 3.32. The first kappa shape index (κ1) is 23.4. The Hall–Kier alpha value is -2.22. The second kappa shape index (κ2) is 12.6. The molecule has 1 aliphatic heterocycles. The zero-order chi connectivity index (χ0) is 21.9. The molecule has 1 N–H and O–H groups in total. The van der Waals surface area contributed by atoms with Crippen molar-refractivity contribution in [2.75, 3.05) is 56.2 Å². The van der Waals surface area contributed by atoms with Crippen molar-refractivity contribution in [1.82, 2.24) is 9.80 Å². The number of hydrogen-bond acceptors (Lipinski definition) is 5. The van der Waals surface area contributed by atoms with Crippen LogP contribution in [0.25, 0.3) is 0 Å². The third kappa shape index (κ3) is 8.09. The first-order valence-corrected chi connectivity index (χ1v) is 11.9. The van der Waals surface area contributed by atoms with Gasteiger partial charge >= 0.3 is 0 Å². The van der Waals surface area contributed by atoms with Crippen LogP contribution in [-0.4, -0.2) is 72.5 Å².